The molecule has 0 saturated carbocycles. The fourth-order valence-corrected chi connectivity index (χ4v) is 2.44. The van der Waals surface area contributed by atoms with Crippen LogP contribution in [0.2, 0.25) is 0 Å². The Hall–Kier alpha value is -1.63. The van der Waals surface area contributed by atoms with Gasteiger partial charge >= 0.3 is 5.97 Å². The van der Waals surface area contributed by atoms with E-state index in [0.29, 0.717) is 4.88 Å². The maximum absolute atomic E-state index is 10.8. The lowest BCUT2D eigenvalue weighted by Crippen LogP contribution is -2.22. The van der Waals surface area contributed by atoms with Crippen LogP contribution < -0.4 is 5.32 Å². The quantitative estimate of drug-likeness (QED) is 0.657. The summed E-state index contributed by atoms with van der Waals surface area (Å²) in [5.74, 6) is -0.929. The summed E-state index contributed by atoms with van der Waals surface area (Å²) in [6.07, 6.45) is -0.808. The molecule has 0 aliphatic carbocycles. The lowest BCUT2D eigenvalue weighted by molar-refractivity contribution is 0.0702. The van der Waals surface area contributed by atoms with Gasteiger partial charge in [0.25, 0.3) is 0 Å². The number of rotatable bonds is 5. The monoisotopic (exact) mass is 267 g/mol. The fourth-order valence-electron chi connectivity index (χ4n) is 1.56. The molecule has 1 aromatic carbocycles. The molecule has 6 heteroatoms. The molecule has 0 aliphatic heterocycles. The van der Waals surface area contributed by atoms with Gasteiger partial charge in [-0.1, -0.05) is 0 Å². The van der Waals surface area contributed by atoms with Gasteiger partial charge in [-0.25, -0.2) is 4.79 Å². The molecule has 5 nitrogen and oxygen atoms in total. The Morgan fingerprint density at radius 1 is 1.39 bits per heavy atom. The van der Waals surface area contributed by atoms with E-state index in [1.54, 1.807) is 6.07 Å². The molecule has 0 spiro atoms. The number of aliphatic hydroxyl groups is 2. The second-order valence-electron chi connectivity index (χ2n) is 3.89. The van der Waals surface area contributed by atoms with Crippen LogP contribution in [0.3, 0.4) is 0 Å². The second kappa shape index (κ2) is 5.34. The number of anilines is 1. The summed E-state index contributed by atoms with van der Waals surface area (Å²) < 4.78 is 0.903. The lowest BCUT2D eigenvalue weighted by atomic mass is 10.2. The summed E-state index contributed by atoms with van der Waals surface area (Å²) >= 11 is 1.23. The van der Waals surface area contributed by atoms with Crippen LogP contribution >= 0.6 is 11.3 Å². The summed E-state index contributed by atoms with van der Waals surface area (Å²) in [5.41, 5.74) is 0.782. The van der Waals surface area contributed by atoms with Crippen LogP contribution in [0.25, 0.3) is 10.1 Å². The number of aliphatic hydroxyl groups excluding tert-OH is 2. The molecule has 0 fully saturated rings. The number of carboxylic acids is 1. The molecule has 0 amide bonds. The number of aromatic carboxylic acids is 1. The zero-order valence-electron chi connectivity index (χ0n) is 9.46. The summed E-state index contributed by atoms with van der Waals surface area (Å²) in [5, 5.41) is 30.6. The molecule has 0 bridgehead atoms. The van der Waals surface area contributed by atoms with Gasteiger partial charge in [0.15, 0.2) is 0 Å². The van der Waals surface area contributed by atoms with E-state index >= 15 is 0 Å². The molecule has 18 heavy (non-hydrogen) atoms. The average molecular weight is 267 g/mol. The zero-order valence-corrected chi connectivity index (χ0v) is 10.3. The Morgan fingerprint density at radius 2 is 2.17 bits per heavy atom. The second-order valence-corrected chi connectivity index (χ2v) is 4.97. The number of nitrogens with one attached hydrogen (secondary N) is 1. The zero-order chi connectivity index (χ0) is 13.1. The molecule has 1 heterocycles. The third-order valence-electron chi connectivity index (χ3n) is 2.48. The number of hydrogen-bond donors (Lipinski definition) is 4. The number of hydrogen-bond acceptors (Lipinski definition) is 5. The normalized spacial score (nSPS) is 12.6. The van der Waals surface area contributed by atoms with Crippen LogP contribution in [0.5, 0.6) is 0 Å². The minimum Gasteiger partial charge on any atom is -0.477 e. The van der Waals surface area contributed by atoms with Crippen molar-refractivity contribution >= 4 is 33.1 Å². The van der Waals surface area contributed by atoms with E-state index in [1.165, 1.54) is 11.3 Å². The van der Waals surface area contributed by atoms with Crippen molar-refractivity contribution in [1.29, 1.82) is 0 Å². The molecule has 1 atom stereocenters. The summed E-state index contributed by atoms with van der Waals surface area (Å²) in [6.45, 7) is -0.0468. The highest BCUT2D eigenvalue weighted by Crippen LogP contribution is 2.28. The van der Waals surface area contributed by atoms with Gasteiger partial charge in [-0.3, -0.25) is 0 Å². The highest BCUT2D eigenvalue weighted by Gasteiger charge is 2.09. The highest BCUT2D eigenvalue weighted by molar-refractivity contribution is 7.20. The molecule has 4 N–H and O–H groups in total. The number of fused-ring (bicyclic) bond motifs is 1. The lowest BCUT2D eigenvalue weighted by Gasteiger charge is -2.09. The molecule has 0 saturated heterocycles. The maximum Gasteiger partial charge on any atom is 0.345 e. The fraction of sp³-hybridized carbons (Fsp3) is 0.250. The van der Waals surface area contributed by atoms with Gasteiger partial charge in [-0.15, -0.1) is 11.3 Å². The largest absolute Gasteiger partial charge is 0.477 e. The van der Waals surface area contributed by atoms with Crippen LogP contribution in [0.4, 0.5) is 5.69 Å². The maximum atomic E-state index is 10.8. The molecule has 1 unspecified atom stereocenters. The SMILES string of the molecule is O=C(O)c1cc2cc(NCC(O)CO)ccc2s1. The molecule has 1 aromatic heterocycles. The van der Waals surface area contributed by atoms with Gasteiger partial charge in [0, 0.05) is 16.9 Å². The van der Waals surface area contributed by atoms with Crippen molar-refractivity contribution in [3.63, 3.8) is 0 Å². The Balaban J connectivity index is 2.19. The molecule has 96 valence electrons. The van der Waals surface area contributed by atoms with Gasteiger partial charge in [-0.2, -0.15) is 0 Å². The van der Waals surface area contributed by atoms with Gasteiger partial charge in [0.1, 0.15) is 4.88 Å². The third kappa shape index (κ3) is 2.79. The van der Waals surface area contributed by atoms with Gasteiger partial charge in [0.05, 0.1) is 12.7 Å². The van der Waals surface area contributed by atoms with Crippen LogP contribution in [-0.2, 0) is 0 Å². The van der Waals surface area contributed by atoms with Crippen molar-refractivity contribution in [3.05, 3.63) is 29.1 Å². The minimum atomic E-state index is -0.929. The molecule has 0 radical (unpaired) electrons. The number of thiophene rings is 1. The van der Waals surface area contributed by atoms with Crippen LogP contribution in [0, 0.1) is 0 Å². The van der Waals surface area contributed by atoms with E-state index in [9.17, 15) is 9.90 Å². The molecular weight excluding hydrogens is 254 g/mol. The van der Waals surface area contributed by atoms with E-state index in [1.807, 2.05) is 18.2 Å². The number of carbonyl (C=O) groups is 1. The summed E-state index contributed by atoms with van der Waals surface area (Å²) in [7, 11) is 0. The van der Waals surface area contributed by atoms with E-state index in [-0.39, 0.29) is 13.2 Å². The molecule has 0 aliphatic rings. The van der Waals surface area contributed by atoms with Crippen LogP contribution in [-0.4, -0.2) is 40.5 Å². The van der Waals surface area contributed by atoms with Crippen molar-refractivity contribution < 1.29 is 20.1 Å². The minimum absolute atomic E-state index is 0.248. The third-order valence-corrected chi connectivity index (χ3v) is 3.58. The van der Waals surface area contributed by atoms with Crippen molar-refractivity contribution in [2.75, 3.05) is 18.5 Å². The van der Waals surface area contributed by atoms with Crippen molar-refractivity contribution in [2.45, 2.75) is 6.10 Å². The van der Waals surface area contributed by atoms with Crippen molar-refractivity contribution in [1.82, 2.24) is 0 Å². The van der Waals surface area contributed by atoms with E-state index in [4.69, 9.17) is 10.2 Å². The Kier molecular flexibility index (Phi) is 3.81. The Labute approximate surface area is 107 Å². The predicted octanol–water partition coefficient (Wildman–Crippen LogP) is 1.36. The molecule has 2 rings (SSSR count). The Morgan fingerprint density at radius 3 is 2.83 bits per heavy atom. The van der Waals surface area contributed by atoms with Crippen LogP contribution in [0.15, 0.2) is 24.3 Å². The summed E-state index contributed by atoms with van der Waals surface area (Å²) in [6, 6.07) is 7.09. The molecule has 2 aromatic rings. The van der Waals surface area contributed by atoms with Gasteiger partial charge in [0.2, 0.25) is 0 Å². The standard InChI is InChI=1S/C12H13NO4S/c14-6-9(15)5-13-8-1-2-10-7(3-8)4-11(18-10)12(16)17/h1-4,9,13-15H,5-6H2,(H,16,17). The molecular formula is C12H13NO4S. The summed E-state index contributed by atoms with van der Waals surface area (Å²) in [4.78, 5) is 11.1. The number of carboxylic acid groups (broad SMARTS) is 1. The first kappa shape index (κ1) is 12.8. The predicted molar refractivity (Wildman–Crippen MR) is 70.4 cm³/mol. The van der Waals surface area contributed by atoms with Crippen molar-refractivity contribution in [2.24, 2.45) is 0 Å². The highest BCUT2D eigenvalue weighted by atomic mass is 32.1. The van der Waals surface area contributed by atoms with Crippen molar-refractivity contribution in [3.8, 4) is 0 Å². The first-order chi connectivity index (χ1) is 8.60. The average Bonchev–Trinajstić information content (AvgIpc) is 2.79. The van der Waals surface area contributed by atoms with Gasteiger partial charge < -0.3 is 20.6 Å². The smallest absolute Gasteiger partial charge is 0.345 e. The Bertz CT molecular complexity index is 566. The first-order valence-electron chi connectivity index (χ1n) is 5.40. The van der Waals surface area contributed by atoms with Crippen LogP contribution in [0.1, 0.15) is 9.67 Å². The van der Waals surface area contributed by atoms with E-state index in [2.05, 4.69) is 5.32 Å². The van der Waals surface area contributed by atoms with E-state index in [0.717, 1.165) is 15.8 Å². The topological polar surface area (TPSA) is 89.8 Å². The van der Waals surface area contributed by atoms with E-state index < -0.39 is 12.1 Å². The van der Waals surface area contributed by atoms with Gasteiger partial charge in [-0.05, 0) is 29.7 Å². The number of benzene rings is 1. The first-order valence-corrected chi connectivity index (χ1v) is 6.21.